The summed E-state index contributed by atoms with van der Waals surface area (Å²) in [6.45, 7) is 4.82. The molecule has 0 bridgehead atoms. The zero-order valence-electron chi connectivity index (χ0n) is 9.15. The highest BCUT2D eigenvalue weighted by atomic mass is 14.9. The lowest BCUT2D eigenvalue weighted by Crippen LogP contribution is -2.29. The Hall–Kier alpha value is -0.0400. The van der Waals surface area contributed by atoms with E-state index in [1.165, 1.54) is 64.5 Å². The number of hydrogen-bond acceptors (Lipinski definition) is 1. The summed E-state index contributed by atoms with van der Waals surface area (Å²) in [5.74, 6) is 0.996. The number of unbranched alkanes of at least 4 members (excludes halogenated alkanes) is 4. The Morgan fingerprint density at radius 3 is 2.69 bits per heavy atom. The number of piperidine rings is 1. The third kappa shape index (κ3) is 5.30. The van der Waals surface area contributed by atoms with E-state index in [-0.39, 0.29) is 0 Å². The summed E-state index contributed by atoms with van der Waals surface area (Å²) in [5, 5.41) is 3.49. The van der Waals surface area contributed by atoms with Crippen molar-refractivity contribution in [2.75, 3.05) is 13.1 Å². The smallest absolute Gasteiger partial charge is 0.00205 e. The molecular weight excluding hydrogens is 158 g/mol. The molecule has 0 aromatic rings. The average Bonchev–Trinajstić information content (AvgIpc) is 2.19. The van der Waals surface area contributed by atoms with Crippen molar-refractivity contribution >= 4 is 0 Å². The quantitative estimate of drug-likeness (QED) is 0.623. The predicted octanol–water partition coefficient (Wildman–Crippen LogP) is 3.35. The molecule has 0 amide bonds. The van der Waals surface area contributed by atoms with Crippen LogP contribution in [0.25, 0.3) is 0 Å². The van der Waals surface area contributed by atoms with Crippen molar-refractivity contribution in [2.45, 2.75) is 58.3 Å². The van der Waals surface area contributed by atoms with Gasteiger partial charge >= 0.3 is 0 Å². The molecule has 1 unspecified atom stereocenters. The maximum atomic E-state index is 3.49. The summed E-state index contributed by atoms with van der Waals surface area (Å²) >= 11 is 0. The van der Waals surface area contributed by atoms with Gasteiger partial charge in [-0.15, -0.1) is 0 Å². The first-order valence-electron chi connectivity index (χ1n) is 6.14. The molecule has 1 nitrogen and oxygen atoms in total. The second-order valence-electron chi connectivity index (χ2n) is 4.42. The van der Waals surface area contributed by atoms with Gasteiger partial charge in [-0.3, -0.25) is 0 Å². The highest BCUT2D eigenvalue weighted by Gasteiger charge is 2.11. The summed E-state index contributed by atoms with van der Waals surface area (Å²) in [6, 6.07) is 0. The minimum Gasteiger partial charge on any atom is -0.316 e. The second kappa shape index (κ2) is 7.37. The van der Waals surface area contributed by atoms with Gasteiger partial charge in [-0.25, -0.2) is 0 Å². The van der Waals surface area contributed by atoms with E-state index in [4.69, 9.17) is 0 Å². The zero-order valence-corrected chi connectivity index (χ0v) is 9.15. The van der Waals surface area contributed by atoms with E-state index in [9.17, 15) is 0 Å². The molecule has 1 heterocycles. The van der Waals surface area contributed by atoms with Crippen molar-refractivity contribution in [3.63, 3.8) is 0 Å². The van der Waals surface area contributed by atoms with Gasteiger partial charge < -0.3 is 5.32 Å². The first-order chi connectivity index (χ1) is 6.43. The lowest BCUT2D eigenvalue weighted by molar-refractivity contribution is 0.346. The Morgan fingerprint density at radius 1 is 1.15 bits per heavy atom. The highest BCUT2D eigenvalue weighted by Crippen LogP contribution is 2.17. The summed E-state index contributed by atoms with van der Waals surface area (Å²) in [6.07, 6.45) is 11.5. The summed E-state index contributed by atoms with van der Waals surface area (Å²) in [4.78, 5) is 0. The van der Waals surface area contributed by atoms with Crippen LogP contribution < -0.4 is 5.32 Å². The fraction of sp³-hybridized carbons (Fsp3) is 1.00. The lowest BCUT2D eigenvalue weighted by atomic mass is 9.93. The summed E-state index contributed by atoms with van der Waals surface area (Å²) in [5.41, 5.74) is 0. The Labute approximate surface area is 83.3 Å². The number of rotatable bonds is 6. The van der Waals surface area contributed by atoms with Crippen molar-refractivity contribution < 1.29 is 0 Å². The van der Waals surface area contributed by atoms with Gasteiger partial charge in [0.1, 0.15) is 0 Å². The van der Waals surface area contributed by atoms with E-state index in [0.717, 1.165) is 5.92 Å². The molecule has 1 fully saturated rings. The summed E-state index contributed by atoms with van der Waals surface area (Å²) < 4.78 is 0. The molecule has 0 aliphatic carbocycles. The van der Waals surface area contributed by atoms with Crippen LogP contribution in [0.3, 0.4) is 0 Å². The van der Waals surface area contributed by atoms with Gasteiger partial charge in [-0.2, -0.15) is 0 Å². The van der Waals surface area contributed by atoms with Gasteiger partial charge in [0.15, 0.2) is 0 Å². The molecule has 0 aromatic heterocycles. The molecule has 0 radical (unpaired) electrons. The molecule has 1 rings (SSSR count). The topological polar surface area (TPSA) is 12.0 Å². The molecule has 1 aliphatic rings. The molecule has 0 aromatic carbocycles. The minimum atomic E-state index is 0.996. The van der Waals surface area contributed by atoms with Crippen molar-refractivity contribution in [2.24, 2.45) is 5.92 Å². The number of hydrogen-bond donors (Lipinski definition) is 1. The first-order valence-corrected chi connectivity index (χ1v) is 6.14. The fourth-order valence-corrected chi connectivity index (χ4v) is 2.21. The molecule has 78 valence electrons. The minimum absolute atomic E-state index is 0.996. The lowest BCUT2D eigenvalue weighted by Gasteiger charge is -2.22. The molecule has 1 aliphatic heterocycles. The van der Waals surface area contributed by atoms with Crippen LogP contribution in [0, 0.1) is 5.92 Å². The second-order valence-corrected chi connectivity index (χ2v) is 4.42. The van der Waals surface area contributed by atoms with Crippen LogP contribution in [0.1, 0.15) is 58.3 Å². The van der Waals surface area contributed by atoms with Gasteiger partial charge in [0.25, 0.3) is 0 Å². The van der Waals surface area contributed by atoms with E-state index < -0.39 is 0 Å². The monoisotopic (exact) mass is 183 g/mol. The Bertz CT molecular complexity index is 106. The van der Waals surface area contributed by atoms with Crippen LogP contribution in [0.2, 0.25) is 0 Å². The van der Waals surface area contributed by atoms with Gasteiger partial charge in [0.2, 0.25) is 0 Å². The molecule has 1 saturated heterocycles. The average molecular weight is 183 g/mol. The Morgan fingerprint density at radius 2 is 2.00 bits per heavy atom. The van der Waals surface area contributed by atoms with Crippen LogP contribution in [-0.2, 0) is 0 Å². The van der Waals surface area contributed by atoms with Crippen molar-refractivity contribution in [1.82, 2.24) is 5.32 Å². The van der Waals surface area contributed by atoms with Crippen molar-refractivity contribution in [3.05, 3.63) is 0 Å². The van der Waals surface area contributed by atoms with E-state index >= 15 is 0 Å². The Balaban J connectivity index is 1.86. The zero-order chi connectivity index (χ0) is 9.36. The third-order valence-electron chi connectivity index (χ3n) is 3.11. The normalized spacial score (nSPS) is 23.3. The fourth-order valence-electron chi connectivity index (χ4n) is 2.21. The standard InChI is InChI=1S/C12H25N/c1-2-3-4-5-6-8-12-9-7-10-13-11-12/h12-13H,2-11H2,1H3. The van der Waals surface area contributed by atoms with E-state index in [2.05, 4.69) is 12.2 Å². The largest absolute Gasteiger partial charge is 0.316 e. The predicted molar refractivity (Wildman–Crippen MR) is 59.0 cm³/mol. The Kier molecular flexibility index (Phi) is 6.26. The molecule has 1 atom stereocenters. The van der Waals surface area contributed by atoms with Crippen molar-refractivity contribution in [1.29, 1.82) is 0 Å². The number of nitrogens with one attached hydrogen (secondary N) is 1. The molecule has 1 N–H and O–H groups in total. The first kappa shape index (κ1) is 11.0. The molecule has 0 saturated carbocycles. The van der Waals surface area contributed by atoms with Crippen LogP contribution in [0.15, 0.2) is 0 Å². The summed E-state index contributed by atoms with van der Waals surface area (Å²) in [7, 11) is 0. The SMILES string of the molecule is CCCCCCCC1CCCNC1. The molecule has 1 heteroatoms. The van der Waals surface area contributed by atoms with Crippen molar-refractivity contribution in [3.8, 4) is 0 Å². The molecule has 0 spiro atoms. The van der Waals surface area contributed by atoms with Gasteiger partial charge in [0, 0.05) is 0 Å². The van der Waals surface area contributed by atoms with E-state index in [1.807, 2.05) is 0 Å². The van der Waals surface area contributed by atoms with Crippen LogP contribution in [-0.4, -0.2) is 13.1 Å². The maximum absolute atomic E-state index is 3.49. The van der Waals surface area contributed by atoms with E-state index in [0.29, 0.717) is 0 Å². The van der Waals surface area contributed by atoms with E-state index in [1.54, 1.807) is 0 Å². The highest BCUT2D eigenvalue weighted by molar-refractivity contribution is 4.68. The molecular formula is C12H25N. The third-order valence-corrected chi connectivity index (χ3v) is 3.11. The van der Waals surface area contributed by atoms with Gasteiger partial charge in [0.05, 0.1) is 0 Å². The van der Waals surface area contributed by atoms with Crippen LogP contribution in [0.4, 0.5) is 0 Å². The van der Waals surface area contributed by atoms with Gasteiger partial charge in [-0.05, 0) is 38.3 Å². The van der Waals surface area contributed by atoms with Crippen LogP contribution >= 0.6 is 0 Å². The maximum Gasteiger partial charge on any atom is -0.00205 e. The molecule has 13 heavy (non-hydrogen) atoms. The van der Waals surface area contributed by atoms with Gasteiger partial charge in [-0.1, -0.05) is 39.0 Å². The van der Waals surface area contributed by atoms with Crippen LogP contribution in [0.5, 0.6) is 0 Å².